The molecule has 3 aromatic rings. The lowest BCUT2D eigenvalue weighted by molar-refractivity contribution is -0.890. The van der Waals surface area contributed by atoms with Gasteiger partial charge in [-0.3, -0.25) is 9.36 Å². The van der Waals surface area contributed by atoms with Crippen LogP contribution in [0.3, 0.4) is 0 Å². The van der Waals surface area contributed by atoms with E-state index in [9.17, 15) is 14.7 Å². The van der Waals surface area contributed by atoms with Crippen LogP contribution < -0.4 is 15.3 Å². The normalized spacial score (nSPS) is 12.0. The molecule has 0 aliphatic heterocycles. The number of carbonyl (C=O) groups excluding carboxylic acids is 2. The number of hydrogen-bond acceptors (Lipinski definition) is 6. The molecule has 1 heterocycles. The van der Waals surface area contributed by atoms with Crippen molar-refractivity contribution in [3.63, 3.8) is 0 Å². The predicted octanol–water partition coefficient (Wildman–Crippen LogP) is 0.567. The molecule has 1 amide bonds. The van der Waals surface area contributed by atoms with Crippen LogP contribution in [0.1, 0.15) is 29.1 Å². The Morgan fingerprint density at radius 3 is 2.53 bits per heavy atom. The summed E-state index contributed by atoms with van der Waals surface area (Å²) in [4.78, 5) is 24.6. The fourth-order valence-electron chi connectivity index (χ4n) is 2.78. The standard InChI is InChI=1S/C21H23N5O3S/c1-14(25(2)3)19-23-24-21(26(19)17-10-5-4-6-11-17)30-13-18(27)22-16-9-7-8-15(12-16)20(28)29/h4-12,14H,13H2,1-3H3,(H,22,27)(H,28,29)/t14-/m1/s1. The van der Waals surface area contributed by atoms with Gasteiger partial charge in [-0.1, -0.05) is 42.1 Å². The number of carbonyl (C=O) groups is 2. The number of carboxylic acids is 1. The molecule has 156 valence electrons. The van der Waals surface area contributed by atoms with Crippen LogP contribution in [-0.2, 0) is 4.79 Å². The van der Waals surface area contributed by atoms with Gasteiger partial charge in [-0.15, -0.1) is 10.2 Å². The van der Waals surface area contributed by atoms with E-state index in [4.69, 9.17) is 0 Å². The van der Waals surface area contributed by atoms with Gasteiger partial charge in [-0.2, -0.15) is 0 Å². The summed E-state index contributed by atoms with van der Waals surface area (Å²) in [6.45, 7) is 2.07. The Labute approximate surface area is 178 Å². The van der Waals surface area contributed by atoms with E-state index in [1.54, 1.807) is 12.1 Å². The number of nitrogens with zero attached hydrogens (tertiary/aromatic N) is 3. The maximum atomic E-state index is 12.4. The average molecular weight is 426 g/mol. The number of amides is 1. The lowest BCUT2D eigenvalue weighted by Gasteiger charge is -2.18. The molecule has 2 aromatic carbocycles. The average Bonchev–Trinajstić information content (AvgIpc) is 3.16. The second kappa shape index (κ2) is 9.55. The molecule has 0 unspecified atom stereocenters. The lowest BCUT2D eigenvalue weighted by atomic mass is 10.2. The zero-order chi connectivity index (χ0) is 21.7. The number of quaternary nitrogens is 1. The van der Waals surface area contributed by atoms with Gasteiger partial charge >= 0.3 is 0 Å². The summed E-state index contributed by atoms with van der Waals surface area (Å²) < 4.78 is 1.96. The minimum atomic E-state index is -1.29. The van der Waals surface area contributed by atoms with E-state index in [1.807, 2.05) is 34.9 Å². The molecule has 3 rings (SSSR count). The van der Waals surface area contributed by atoms with Gasteiger partial charge in [0.1, 0.15) is 6.04 Å². The van der Waals surface area contributed by atoms with Crippen molar-refractivity contribution in [2.75, 3.05) is 25.2 Å². The highest BCUT2D eigenvalue weighted by Gasteiger charge is 2.23. The number of hydrogen-bond donors (Lipinski definition) is 2. The third kappa shape index (κ3) is 5.05. The molecular weight excluding hydrogens is 402 g/mol. The Hall–Kier alpha value is -3.17. The fourth-order valence-corrected chi connectivity index (χ4v) is 3.54. The SMILES string of the molecule is C[C@H](c1nnc(SCC(=O)Nc2cccc(C(=O)[O-])c2)n1-c1ccccc1)[NH+](C)C. The number of rotatable bonds is 8. The van der Waals surface area contributed by atoms with Gasteiger partial charge in [0.05, 0.1) is 25.8 Å². The molecule has 1 aromatic heterocycles. The van der Waals surface area contributed by atoms with Crippen molar-refractivity contribution in [1.29, 1.82) is 0 Å². The van der Waals surface area contributed by atoms with E-state index < -0.39 is 5.97 Å². The van der Waals surface area contributed by atoms with E-state index in [0.717, 1.165) is 11.5 Å². The van der Waals surface area contributed by atoms with Crippen molar-refractivity contribution >= 4 is 29.3 Å². The smallest absolute Gasteiger partial charge is 0.234 e. The number of nitrogens with one attached hydrogen (secondary N) is 2. The highest BCUT2D eigenvalue weighted by molar-refractivity contribution is 7.99. The van der Waals surface area contributed by atoms with Gasteiger partial charge in [0.25, 0.3) is 0 Å². The van der Waals surface area contributed by atoms with Crippen LogP contribution in [0.5, 0.6) is 0 Å². The molecule has 0 aliphatic carbocycles. The first kappa shape index (κ1) is 21.5. The van der Waals surface area contributed by atoms with Crippen molar-refractivity contribution in [3.8, 4) is 5.69 Å². The monoisotopic (exact) mass is 425 g/mol. The zero-order valence-electron chi connectivity index (χ0n) is 17.0. The first-order valence-corrected chi connectivity index (χ1v) is 10.4. The topological polar surface area (TPSA) is 104 Å². The second-order valence-corrected chi connectivity index (χ2v) is 7.96. The first-order chi connectivity index (χ1) is 14.4. The van der Waals surface area contributed by atoms with E-state index in [0.29, 0.717) is 10.8 Å². The Balaban J connectivity index is 1.77. The molecule has 0 saturated heterocycles. The molecule has 1 atom stereocenters. The molecule has 2 N–H and O–H groups in total. The minimum absolute atomic E-state index is 0.00842. The molecule has 0 aliphatic rings. The van der Waals surface area contributed by atoms with Crippen molar-refractivity contribution in [3.05, 3.63) is 66.0 Å². The maximum absolute atomic E-state index is 12.4. The quantitative estimate of drug-likeness (QED) is 0.511. The molecule has 0 fully saturated rings. The van der Waals surface area contributed by atoms with Gasteiger partial charge in [-0.25, -0.2) is 0 Å². The van der Waals surface area contributed by atoms with Crippen LogP contribution in [0.15, 0.2) is 59.8 Å². The lowest BCUT2D eigenvalue weighted by Crippen LogP contribution is -3.05. The molecule has 9 heteroatoms. The minimum Gasteiger partial charge on any atom is -0.545 e. The molecule has 30 heavy (non-hydrogen) atoms. The summed E-state index contributed by atoms with van der Waals surface area (Å²) in [5, 5.41) is 23.0. The van der Waals surface area contributed by atoms with Crippen LogP contribution in [-0.4, -0.2) is 46.5 Å². The predicted molar refractivity (Wildman–Crippen MR) is 113 cm³/mol. The van der Waals surface area contributed by atoms with E-state index in [2.05, 4.69) is 36.5 Å². The summed E-state index contributed by atoms with van der Waals surface area (Å²) in [6.07, 6.45) is 0. The molecule has 8 nitrogen and oxygen atoms in total. The van der Waals surface area contributed by atoms with Crippen LogP contribution in [0.4, 0.5) is 5.69 Å². The molecule has 0 spiro atoms. The summed E-state index contributed by atoms with van der Waals surface area (Å²) in [5.74, 6) is -0.651. The van der Waals surface area contributed by atoms with Crippen molar-refractivity contribution < 1.29 is 19.6 Å². The second-order valence-electron chi connectivity index (χ2n) is 7.02. The number of aromatic carboxylic acids is 1. The highest BCUT2D eigenvalue weighted by Crippen LogP contribution is 2.24. The van der Waals surface area contributed by atoms with Crippen molar-refractivity contribution in [2.45, 2.75) is 18.1 Å². The Bertz CT molecular complexity index is 1040. The zero-order valence-corrected chi connectivity index (χ0v) is 17.8. The van der Waals surface area contributed by atoms with E-state index in [1.165, 1.54) is 28.8 Å². The van der Waals surface area contributed by atoms with Crippen molar-refractivity contribution in [1.82, 2.24) is 14.8 Å². The van der Waals surface area contributed by atoms with Gasteiger partial charge in [0, 0.05) is 11.4 Å². The molecule has 0 radical (unpaired) electrons. The number of thioether (sulfide) groups is 1. The molecule has 0 bridgehead atoms. The summed E-state index contributed by atoms with van der Waals surface area (Å²) >= 11 is 1.27. The largest absolute Gasteiger partial charge is 0.545 e. The van der Waals surface area contributed by atoms with Crippen LogP contribution in [0.25, 0.3) is 5.69 Å². The third-order valence-corrected chi connectivity index (χ3v) is 5.57. The Kier molecular flexibility index (Phi) is 6.86. The number of aromatic nitrogens is 3. The van der Waals surface area contributed by atoms with Gasteiger partial charge in [0.15, 0.2) is 11.0 Å². The van der Waals surface area contributed by atoms with Crippen LogP contribution in [0.2, 0.25) is 0 Å². The number of carboxylic acid groups (broad SMARTS) is 1. The van der Waals surface area contributed by atoms with Crippen molar-refractivity contribution in [2.24, 2.45) is 0 Å². The number of benzene rings is 2. The highest BCUT2D eigenvalue weighted by atomic mass is 32.2. The van der Waals surface area contributed by atoms with Gasteiger partial charge < -0.3 is 20.1 Å². The number of anilines is 1. The summed E-state index contributed by atoms with van der Waals surface area (Å²) in [7, 11) is 4.10. The first-order valence-electron chi connectivity index (χ1n) is 9.41. The van der Waals surface area contributed by atoms with Crippen LogP contribution >= 0.6 is 11.8 Å². The summed E-state index contributed by atoms with van der Waals surface area (Å²) in [6, 6.07) is 15.8. The van der Waals surface area contributed by atoms with Crippen LogP contribution in [0, 0.1) is 0 Å². The molecular formula is C21H23N5O3S. The summed E-state index contributed by atoms with van der Waals surface area (Å²) in [5.41, 5.74) is 1.33. The Morgan fingerprint density at radius 1 is 1.13 bits per heavy atom. The fraction of sp³-hybridized carbons (Fsp3) is 0.238. The van der Waals surface area contributed by atoms with Gasteiger partial charge in [0.2, 0.25) is 5.91 Å². The van der Waals surface area contributed by atoms with E-state index in [-0.39, 0.29) is 23.3 Å². The molecule has 0 saturated carbocycles. The number of para-hydroxylation sites is 1. The Morgan fingerprint density at radius 2 is 1.87 bits per heavy atom. The third-order valence-electron chi connectivity index (χ3n) is 4.64. The van der Waals surface area contributed by atoms with E-state index >= 15 is 0 Å². The van der Waals surface area contributed by atoms with Gasteiger partial charge in [-0.05, 0) is 36.8 Å². The maximum Gasteiger partial charge on any atom is 0.234 e.